The molecule has 1 fully saturated rings. The molecule has 1 saturated heterocycles. The zero-order valence-corrected chi connectivity index (χ0v) is 7.49. The maximum absolute atomic E-state index is 10.9. The molecule has 5 heteroatoms. The van der Waals surface area contributed by atoms with Crippen LogP contribution in [0.5, 0.6) is 0 Å². The van der Waals surface area contributed by atoms with E-state index in [9.17, 15) is 9.59 Å². The van der Waals surface area contributed by atoms with Crippen molar-refractivity contribution < 1.29 is 9.59 Å². The van der Waals surface area contributed by atoms with Gasteiger partial charge in [0.25, 0.3) is 0 Å². The van der Waals surface area contributed by atoms with Crippen molar-refractivity contribution in [3.63, 3.8) is 0 Å². The van der Waals surface area contributed by atoms with Crippen LogP contribution in [0.1, 0.15) is 6.92 Å². The van der Waals surface area contributed by atoms with Crippen LogP contribution in [0.15, 0.2) is 0 Å². The number of nitrogens with zero attached hydrogens (tertiary/aromatic N) is 3. The second kappa shape index (κ2) is 3.90. The predicted molar refractivity (Wildman–Crippen MR) is 44.4 cm³/mol. The summed E-state index contributed by atoms with van der Waals surface area (Å²) in [6, 6.07) is 1.56. The van der Waals surface area contributed by atoms with Crippen LogP contribution in [-0.4, -0.2) is 47.8 Å². The Labute approximate surface area is 76.5 Å². The molecule has 0 atom stereocenters. The van der Waals surface area contributed by atoms with Crippen molar-refractivity contribution in [1.82, 2.24) is 9.80 Å². The van der Waals surface area contributed by atoms with Gasteiger partial charge >= 0.3 is 5.91 Å². The first kappa shape index (κ1) is 9.52. The topological polar surface area (TPSA) is 64.4 Å². The molecule has 0 aromatic carbocycles. The Morgan fingerprint density at radius 3 is 2.00 bits per heavy atom. The van der Waals surface area contributed by atoms with E-state index in [1.807, 2.05) is 0 Å². The summed E-state index contributed by atoms with van der Waals surface area (Å²) >= 11 is 0. The second-order valence-electron chi connectivity index (χ2n) is 2.91. The fourth-order valence-electron chi connectivity index (χ4n) is 1.30. The number of nitriles is 1. The van der Waals surface area contributed by atoms with Gasteiger partial charge in [0.15, 0.2) is 6.07 Å². The van der Waals surface area contributed by atoms with Crippen molar-refractivity contribution in [3.8, 4) is 6.07 Å². The molecule has 1 rings (SSSR count). The number of hydrogen-bond acceptors (Lipinski definition) is 3. The molecule has 0 radical (unpaired) electrons. The van der Waals surface area contributed by atoms with Crippen LogP contribution in [0.2, 0.25) is 0 Å². The molecule has 0 spiro atoms. The highest BCUT2D eigenvalue weighted by Gasteiger charge is 2.21. The number of piperazine rings is 1. The van der Waals surface area contributed by atoms with Gasteiger partial charge in [-0.1, -0.05) is 0 Å². The molecule has 1 aliphatic heterocycles. The number of amides is 2. The van der Waals surface area contributed by atoms with E-state index in [4.69, 9.17) is 5.26 Å². The molecule has 0 aromatic rings. The number of carbonyl (C=O) groups excluding carboxylic acids is 2. The molecular weight excluding hydrogens is 170 g/mol. The molecule has 2 amide bonds. The minimum atomic E-state index is -0.511. The molecule has 0 saturated carbocycles. The third-order valence-corrected chi connectivity index (χ3v) is 2.11. The summed E-state index contributed by atoms with van der Waals surface area (Å²) in [7, 11) is 0. The van der Waals surface area contributed by atoms with Gasteiger partial charge in [-0.3, -0.25) is 9.59 Å². The fourth-order valence-corrected chi connectivity index (χ4v) is 1.30. The predicted octanol–water partition coefficient (Wildman–Crippen LogP) is -0.799. The van der Waals surface area contributed by atoms with E-state index >= 15 is 0 Å². The molecule has 0 unspecified atom stereocenters. The maximum atomic E-state index is 10.9. The highest BCUT2D eigenvalue weighted by molar-refractivity contribution is 5.91. The van der Waals surface area contributed by atoms with Gasteiger partial charge in [0.1, 0.15) is 0 Å². The van der Waals surface area contributed by atoms with E-state index in [0.29, 0.717) is 26.2 Å². The standard InChI is InChI=1S/C8H11N3O2/c1-7(12)10-2-4-11(5-3-10)8(13)6-9/h2-5H2,1H3. The molecule has 0 aliphatic carbocycles. The molecule has 5 nitrogen and oxygen atoms in total. The van der Waals surface area contributed by atoms with Gasteiger partial charge in [0, 0.05) is 33.1 Å². The highest BCUT2D eigenvalue weighted by atomic mass is 16.2. The van der Waals surface area contributed by atoms with Crippen molar-refractivity contribution in [2.24, 2.45) is 0 Å². The lowest BCUT2D eigenvalue weighted by atomic mass is 10.3. The van der Waals surface area contributed by atoms with Gasteiger partial charge in [-0.25, -0.2) is 0 Å². The van der Waals surface area contributed by atoms with E-state index in [-0.39, 0.29) is 5.91 Å². The summed E-state index contributed by atoms with van der Waals surface area (Å²) in [4.78, 5) is 24.9. The van der Waals surface area contributed by atoms with Crippen molar-refractivity contribution in [1.29, 1.82) is 5.26 Å². The summed E-state index contributed by atoms with van der Waals surface area (Å²) in [6.07, 6.45) is 0. The third kappa shape index (κ3) is 2.18. The third-order valence-electron chi connectivity index (χ3n) is 2.11. The molecule has 0 bridgehead atoms. The minimum Gasteiger partial charge on any atom is -0.339 e. The zero-order chi connectivity index (χ0) is 9.84. The summed E-state index contributed by atoms with van der Waals surface area (Å²) in [6.45, 7) is 3.49. The van der Waals surface area contributed by atoms with E-state index in [1.54, 1.807) is 11.0 Å². The Kier molecular flexibility index (Phi) is 2.85. The van der Waals surface area contributed by atoms with E-state index in [1.165, 1.54) is 11.8 Å². The number of carbonyl (C=O) groups is 2. The smallest absolute Gasteiger partial charge is 0.325 e. The van der Waals surface area contributed by atoms with Gasteiger partial charge in [-0.15, -0.1) is 0 Å². The highest BCUT2D eigenvalue weighted by Crippen LogP contribution is 2.01. The van der Waals surface area contributed by atoms with Gasteiger partial charge in [0.05, 0.1) is 0 Å². The number of hydrogen-bond donors (Lipinski definition) is 0. The Morgan fingerprint density at radius 2 is 1.62 bits per heavy atom. The van der Waals surface area contributed by atoms with Gasteiger partial charge < -0.3 is 9.80 Å². The quantitative estimate of drug-likeness (QED) is 0.459. The Bertz CT molecular complexity index is 261. The first-order chi connectivity index (χ1) is 6.15. The molecule has 1 heterocycles. The summed E-state index contributed by atoms with van der Waals surface area (Å²) in [5.74, 6) is -0.493. The minimum absolute atomic E-state index is 0.0176. The monoisotopic (exact) mass is 181 g/mol. The van der Waals surface area contributed by atoms with Crippen LogP contribution in [0.3, 0.4) is 0 Å². The van der Waals surface area contributed by atoms with Gasteiger partial charge in [-0.2, -0.15) is 5.26 Å². The Morgan fingerprint density at radius 1 is 1.15 bits per heavy atom. The van der Waals surface area contributed by atoms with Gasteiger partial charge in [-0.05, 0) is 0 Å². The average Bonchev–Trinajstić information content (AvgIpc) is 2.17. The summed E-state index contributed by atoms with van der Waals surface area (Å²) in [5.41, 5.74) is 0. The second-order valence-corrected chi connectivity index (χ2v) is 2.91. The van der Waals surface area contributed by atoms with Crippen LogP contribution in [-0.2, 0) is 9.59 Å². The molecule has 0 N–H and O–H groups in total. The lowest BCUT2D eigenvalue weighted by Gasteiger charge is -2.32. The zero-order valence-electron chi connectivity index (χ0n) is 7.49. The van der Waals surface area contributed by atoms with Crippen LogP contribution in [0.25, 0.3) is 0 Å². The molecule has 70 valence electrons. The van der Waals surface area contributed by atoms with Crippen LogP contribution in [0, 0.1) is 11.3 Å². The normalized spacial score (nSPS) is 16.6. The van der Waals surface area contributed by atoms with Crippen LogP contribution < -0.4 is 0 Å². The average molecular weight is 181 g/mol. The van der Waals surface area contributed by atoms with Crippen LogP contribution >= 0.6 is 0 Å². The van der Waals surface area contributed by atoms with Crippen molar-refractivity contribution in [2.45, 2.75) is 6.92 Å². The van der Waals surface area contributed by atoms with Crippen molar-refractivity contribution >= 4 is 11.8 Å². The van der Waals surface area contributed by atoms with Crippen molar-refractivity contribution in [3.05, 3.63) is 0 Å². The van der Waals surface area contributed by atoms with Crippen LogP contribution in [0.4, 0.5) is 0 Å². The first-order valence-corrected chi connectivity index (χ1v) is 4.09. The SMILES string of the molecule is CC(=O)N1CCN(C(=O)C#N)CC1. The van der Waals surface area contributed by atoms with E-state index in [0.717, 1.165) is 0 Å². The fraction of sp³-hybridized carbons (Fsp3) is 0.625. The summed E-state index contributed by atoms with van der Waals surface area (Å²) in [5, 5.41) is 8.34. The molecule has 1 aliphatic rings. The maximum Gasteiger partial charge on any atom is 0.325 e. The number of rotatable bonds is 0. The lowest BCUT2D eigenvalue weighted by molar-refractivity contribution is -0.135. The lowest BCUT2D eigenvalue weighted by Crippen LogP contribution is -2.49. The van der Waals surface area contributed by atoms with E-state index < -0.39 is 5.91 Å². The molecular formula is C8H11N3O2. The van der Waals surface area contributed by atoms with E-state index in [2.05, 4.69) is 0 Å². The van der Waals surface area contributed by atoms with Crippen molar-refractivity contribution in [2.75, 3.05) is 26.2 Å². The Hall–Kier alpha value is -1.57. The Balaban J connectivity index is 2.44. The summed E-state index contributed by atoms with van der Waals surface area (Å²) < 4.78 is 0. The molecule has 13 heavy (non-hydrogen) atoms. The molecule has 0 aromatic heterocycles. The van der Waals surface area contributed by atoms with Gasteiger partial charge in [0.2, 0.25) is 5.91 Å². The largest absolute Gasteiger partial charge is 0.339 e. The first-order valence-electron chi connectivity index (χ1n) is 4.09.